The van der Waals surface area contributed by atoms with Crippen LogP contribution in [0.25, 0.3) is 0 Å². The van der Waals surface area contributed by atoms with Gasteiger partial charge in [0.05, 0.1) is 12.2 Å². The van der Waals surface area contributed by atoms with Crippen molar-refractivity contribution >= 4 is 5.69 Å². The fourth-order valence-corrected chi connectivity index (χ4v) is 3.56. The van der Waals surface area contributed by atoms with Crippen molar-refractivity contribution in [1.82, 2.24) is 9.88 Å². The molecule has 0 radical (unpaired) electrons. The van der Waals surface area contributed by atoms with E-state index < -0.39 is 0 Å². The highest BCUT2D eigenvalue weighted by Crippen LogP contribution is 2.24. The molecule has 3 rings (SSSR count). The average molecular weight is 275 g/mol. The molecule has 20 heavy (non-hydrogen) atoms. The maximum absolute atomic E-state index is 5.84. The third-order valence-corrected chi connectivity index (χ3v) is 4.46. The van der Waals surface area contributed by atoms with E-state index in [-0.39, 0.29) is 0 Å². The molecule has 1 aromatic heterocycles. The minimum absolute atomic E-state index is 0.372. The summed E-state index contributed by atoms with van der Waals surface area (Å²) in [5, 5.41) is 0. The monoisotopic (exact) mass is 275 g/mol. The molecule has 2 fully saturated rings. The molecule has 0 aromatic carbocycles. The van der Waals surface area contributed by atoms with Gasteiger partial charge >= 0.3 is 0 Å². The number of anilines is 1. The lowest BCUT2D eigenvalue weighted by Gasteiger charge is -2.44. The van der Waals surface area contributed by atoms with Gasteiger partial charge in [0, 0.05) is 50.3 Å². The summed E-state index contributed by atoms with van der Waals surface area (Å²) in [6, 6.07) is 4.94. The van der Waals surface area contributed by atoms with Crippen LogP contribution >= 0.6 is 0 Å². The minimum Gasteiger partial charge on any atom is -0.373 e. The van der Waals surface area contributed by atoms with E-state index in [0.717, 1.165) is 32.2 Å². The van der Waals surface area contributed by atoms with Crippen molar-refractivity contribution < 1.29 is 4.74 Å². The molecule has 2 aliphatic rings. The van der Waals surface area contributed by atoms with Gasteiger partial charge in [-0.1, -0.05) is 0 Å². The quantitative estimate of drug-likeness (QED) is 0.827. The van der Waals surface area contributed by atoms with Crippen LogP contribution in [0, 0.1) is 0 Å². The van der Waals surface area contributed by atoms with E-state index in [9.17, 15) is 0 Å². The summed E-state index contributed by atoms with van der Waals surface area (Å²) in [5.41, 5.74) is 1.31. The molecule has 0 aliphatic carbocycles. The number of piperidine rings is 1. The molecule has 110 valence electrons. The van der Waals surface area contributed by atoms with Crippen molar-refractivity contribution in [3.8, 4) is 0 Å². The molecular formula is C16H25N3O. The number of nitrogens with zero attached hydrogens (tertiary/aromatic N) is 3. The third-order valence-electron chi connectivity index (χ3n) is 4.46. The van der Waals surface area contributed by atoms with E-state index >= 15 is 0 Å². The second-order valence-electron chi connectivity index (χ2n) is 6.13. The summed E-state index contributed by atoms with van der Waals surface area (Å²) in [7, 11) is 0. The van der Waals surface area contributed by atoms with Crippen molar-refractivity contribution in [3.63, 3.8) is 0 Å². The fraction of sp³-hybridized carbons (Fsp3) is 0.688. The third kappa shape index (κ3) is 3.13. The predicted molar refractivity (Wildman–Crippen MR) is 81.1 cm³/mol. The van der Waals surface area contributed by atoms with Gasteiger partial charge in [0.15, 0.2) is 0 Å². The Labute approximate surface area is 121 Å². The Kier molecular flexibility index (Phi) is 4.22. The summed E-state index contributed by atoms with van der Waals surface area (Å²) in [6.07, 6.45) is 7.01. The average Bonchev–Trinajstić information content (AvgIpc) is 2.47. The van der Waals surface area contributed by atoms with Crippen LogP contribution in [0.4, 0.5) is 5.69 Å². The van der Waals surface area contributed by atoms with E-state index in [2.05, 4.69) is 40.8 Å². The highest BCUT2D eigenvalue weighted by molar-refractivity contribution is 5.44. The zero-order chi connectivity index (χ0) is 13.9. The molecule has 2 saturated heterocycles. The molecule has 2 atom stereocenters. The first-order chi connectivity index (χ1) is 9.72. The topological polar surface area (TPSA) is 28.6 Å². The summed E-state index contributed by atoms with van der Waals surface area (Å²) < 4.78 is 5.84. The molecule has 0 amide bonds. The van der Waals surface area contributed by atoms with E-state index in [1.165, 1.54) is 18.5 Å². The Balaban J connectivity index is 1.56. The van der Waals surface area contributed by atoms with Crippen LogP contribution in [0.1, 0.15) is 26.7 Å². The summed E-state index contributed by atoms with van der Waals surface area (Å²) in [6.45, 7) is 8.85. The van der Waals surface area contributed by atoms with Gasteiger partial charge in [-0.25, -0.2) is 0 Å². The molecule has 0 spiro atoms. The van der Waals surface area contributed by atoms with E-state index in [1.807, 2.05) is 12.4 Å². The van der Waals surface area contributed by atoms with Gasteiger partial charge in [0.1, 0.15) is 0 Å². The first-order valence-corrected chi connectivity index (χ1v) is 7.77. The van der Waals surface area contributed by atoms with Crippen molar-refractivity contribution in [2.45, 2.75) is 44.9 Å². The summed E-state index contributed by atoms with van der Waals surface area (Å²) >= 11 is 0. The molecule has 0 unspecified atom stereocenters. The second-order valence-corrected chi connectivity index (χ2v) is 6.13. The van der Waals surface area contributed by atoms with Crippen molar-refractivity contribution in [2.75, 3.05) is 31.1 Å². The van der Waals surface area contributed by atoms with Crippen LogP contribution in [0.5, 0.6) is 0 Å². The maximum atomic E-state index is 5.84. The Morgan fingerprint density at radius 1 is 1.05 bits per heavy atom. The van der Waals surface area contributed by atoms with Crippen molar-refractivity contribution in [3.05, 3.63) is 24.5 Å². The van der Waals surface area contributed by atoms with Gasteiger partial charge < -0.3 is 9.64 Å². The Morgan fingerprint density at radius 2 is 1.65 bits per heavy atom. The highest BCUT2D eigenvalue weighted by atomic mass is 16.5. The molecule has 4 nitrogen and oxygen atoms in total. The Hall–Kier alpha value is -1.13. The SMILES string of the molecule is C[C@@H]1CN(C2CCN(c3ccncc3)CC2)C[C@H](C)O1. The first kappa shape index (κ1) is 13.8. The van der Waals surface area contributed by atoms with Crippen LogP contribution in [0.15, 0.2) is 24.5 Å². The molecule has 3 heterocycles. The molecule has 0 N–H and O–H groups in total. The smallest absolute Gasteiger partial charge is 0.0678 e. The number of hydrogen-bond donors (Lipinski definition) is 0. The lowest BCUT2D eigenvalue weighted by Crippen LogP contribution is -2.53. The zero-order valence-corrected chi connectivity index (χ0v) is 12.5. The van der Waals surface area contributed by atoms with Gasteiger partial charge in [0.2, 0.25) is 0 Å². The van der Waals surface area contributed by atoms with Gasteiger partial charge in [0.25, 0.3) is 0 Å². The number of hydrogen-bond acceptors (Lipinski definition) is 4. The molecule has 0 saturated carbocycles. The fourth-order valence-electron chi connectivity index (χ4n) is 3.56. The number of ether oxygens (including phenoxy) is 1. The Morgan fingerprint density at radius 3 is 2.25 bits per heavy atom. The van der Waals surface area contributed by atoms with E-state index in [4.69, 9.17) is 4.74 Å². The van der Waals surface area contributed by atoms with Gasteiger partial charge in [-0.05, 0) is 38.8 Å². The lowest BCUT2D eigenvalue weighted by atomic mass is 10.0. The zero-order valence-electron chi connectivity index (χ0n) is 12.5. The largest absolute Gasteiger partial charge is 0.373 e. The normalized spacial score (nSPS) is 29.6. The van der Waals surface area contributed by atoms with Gasteiger partial charge in [-0.3, -0.25) is 9.88 Å². The summed E-state index contributed by atoms with van der Waals surface area (Å²) in [5.74, 6) is 0. The highest BCUT2D eigenvalue weighted by Gasteiger charge is 2.30. The maximum Gasteiger partial charge on any atom is 0.0678 e. The van der Waals surface area contributed by atoms with E-state index in [0.29, 0.717) is 12.2 Å². The lowest BCUT2D eigenvalue weighted by molar-refractivity contribution is -0.0826. The molecule has 2 aliphatic heterocycles. The Bertz CT molecular complexity index is 407. The predicted octanol–water partition coefficient (Wildman–Crippen LogP) is 2.16. The minimum atomic E-state index is 0.372. The van der Waals surface area contributed by atoms with Crippen LogP contribution in [-0.2, 0) is 4.74 Å². The van der Waals surface area contributed by atoms with Gasteiger partial charge in [-0.15, -0.1) is 0 Å². The van der Waals surface area contributed by atoms with Gasteiger partial charge in [-0.2, -0.15) is 0 Å². The number of rotatable bonds is 2. The molecular weight excluding hydrogens is 250 g/mol. The molecule has 0 bridgehead atoms. The molecule has 4 heteroatoms. The standard InChI is InChI=1S/C16H25N3O/c1-13-11-19(12-14(2)20-13)16-5-9-18(10-6-16)15-3-7-17-8-4-15/h3-4,7-8,13-14,16H,5-6,9-12H2,1-2H3/t13-,14+. The molecule has 1 aromatic rings. The van der Waals surface area contributed by atoms with Crippen LogP contribution < -0.4 is 4.90 Å². The van der Waals surface area contributed by atoms with Crippen LogP contribution in [0.2, 0.25) is 0 Å². The first-order valence-electron chi connectivity index (χ1n) is 7.77. The second kappa shape index (κ2) is 6.10. The number of morpholine rings is 1. The van der Waals surface area contributed by atoms with E-state index in [1.54, 1.807) is 0 Å². The summed E-state index contributed by atoms with van der Waals surface area (Å²) in [4.78, 5) is 9.22. The number of pyridine rings is 1. The number of aromatic nitrogens is 1. The van der Waals surface area contributed by atoms with Crippen molar-refractivity contribution in [2.24, 2.45) is 0 Å². The van der Waals surface area contributed by atoms with Crippen LogP contribution in [-0.4, -0.2) is 54.3 Å². The van der Waals surface area contributed by atoms with Crippen LogP contribution in [0.3, 0.4) is 0 Å². The van der Waals surface area contributed by atoms with Crippen molar-refractivity contribution in [1.29, 1.82) is 0 Å².